The third-order valence-electron chi connectivity index (χ3n) is 5.36. The zero-order valence-corrected chi connectivity index (χ0v) is 17.8. The highest BCUT2D eigenvalue weighted by molar-refractivity contribution is 9.10. The molecule has 1 aliphatic rings. The summed E-state index contributed by atoms with van der Waals surface area (Å²) < 4.78 is 12.6. The molecule has 4 heteroatoms. The summed E-state index contributed by atoms with van der Waals surface area (Å²) in [4.78, 5) is 0. The molecular formula is C24H24BrNO2. The van der Waals surface area contributed by atoms with Crippen molar-refractivity contribution in [3.05, 3.63) is 70.2 Å². The van der Waals surface area contributed by atoms with Gasteiger partial charge in [-0.25, -0.2) is 0 Å². The van der Waals surface area contributed by atoms with E-state index in [9.17, 15) is 0 Å². The molecule has 0 spiro atoms. The van der Waals surface area contributed by atoms with Crippen LogP contribution in [0, 0.1) is 0 Å². The predicted octanol–water partition coefficient (Wildman–Crippen LogP) is 5.49. The minimum absolute atomic E-state index is 0.867. The maximum atomic E-state index is 5.71. The lowest BCUT2D eigenvalue weighted by molar-refractivity contribution is 0.416. The number of rotatable bonds is 4. The molecule has 0 atom stereocenters. The Balaban J connectivity index is 2.06. The van der Waals surface area contributed by atoms with Crippen molar-refractivity contribution in [1.82, 2.24) is 5.32 Å². The van der Waals surface area contributed by atoms with Gasteiger partial charge in [0.25, 0.3) is 0 Å². The summed E-state index contributed by atoms with van der Waals surface area (Å²) in [5.74, 6) is 1.74. The molecule has 4 rings (SSSR count). The van der Waals surface area contributed by atoms with Gasteiger partial charge >= 0.3 is 0 Å². The van der Waals surface area contributed by atoms with Crippen LogP contribution in [0.3, 0.4) is 0 Å². The Morgan fingerprint density at radius 3 is 2.11 bits per heavy atom. The number of ether oxygens (including phenoxy) is 2. The third kappa shape index (κ3) is 3.43. The van der Waals surface area contributed by atoms with Crippen molar-refractivity contribution >= 4 is 15.9 Å². The Morgan fingerprint density at radius 2 is 1.39 bits per heavy atom. The zero-order chi connectivity index (χ0) is 19.5. The number of hydrogen-bond donors (Lipinski definition) is 1. The van der Waals surface area contributed by atoms with Crippen molar-refractivity contribution in [3.8, 4) is 33.8 Å². The quantitative estimate of drug-likeness (QED) is 0.585. The number of fused-ring (bicyclic) bond motifs is 1. The second-order valence-electron chi connectivity index (χ2n) is 6.90. The van der Waals surface area contributed by atoms with Gasteiger partial charge in [-0.2, -0.15) is 0 Å². The Morgan fingerprint density at radius 1 is 0.786 bits per heavy atom. The highest BCUT2D eigenvalue weighted by Gasteiger charge is 2.23. The molecule has 3 nitrogen and oxygen atoms in total. The minimum atomic E-state index is 0.867. The summed E-state index contributed by atoms with van der Waals surface area (Å²) in [6.07, 6.45) is 2.02. The predicted molar refractivity (Wildman–Crippen MR) is 118 cm³/mol. The van der Waals surface area contributed by atoms with Crippen LogP contribution in [0.25, 0.3) is 22.3 Å². The first-order valence-electron chi connectivity index (χ1n) is 9.56. The van der Waals surface area contributed by atoms with Gasteiger partial charge in [0.1, 0.15) is 11.5 Å². The average molecular weight is 438 g/mol. The summed E-state index contributed by atoms with van der Waals surface area (Å²) in [6, 6.07) is 18.8. The molecule has 0 bridgehead atoms. The molecule has 1 aliphatic heterocycles. The van der Waals surface area contributed by atoms with Crippen LogP contribution < -0.4 is 14.8 Å². The van der Waals surface area contributed by atoms with E-state index in [1.165, 1.54) is 11.1 Å². The van der Waals surface area contributed by atoms with Crippen LogP contribution in [0.1, 0.15) is 11.1 Å². The summed E-state index contributed by atoms with van der Waals surface area (Å²) in [5, 5.41) is 3.51. The number of halogens is 1. The Hall–Kier alpha value is -2.30. The maximum absolute atomic E-state index is 5.71. The van der Waals surface area contributed by atoms with Crippen molar-refractivity contribution in [3.63, 3.8) is 0 Å². The van der Waals surface area contributed by atoms with Crippen molar-refractivity contribution in [2.24, 2.45) is 0 Å². The van der Waals surface area contributed by atoms with Gasteiger partial charge in [0, 0.05) is 21.2 Å². The SMILES string of the molecule is COc1ccccc1-c1cc2c(c(Br)c1-c1ccccc1OC)CCNCC2. The van der Waals surface area contributed by atoms with Gasteiger partial charge in [-0.05, 0) is 76.8 Å². The molecule has 3 aromatic carbocycles. The third-order valence-corrected chi connectivity index (χ3v) is 6.23. The van der Waals surface area contributed by atoms with Gasteiger partial charge in [0.05, 0.1) is 14.2 Å². The fourth-order valence-electron chi connectivity index (χ4n) is 3.99. The molecule has 1 heterocycles. The van der Waals surface area contributed by atoms with Crippen molar-refractivity contribution in [2.75, 3.05) is 27.3 Å². The second kappa shape index (κ2) is 8.38. The molecule has 1 N–H and O–H groups in total. The fraction of sp³-hybridized carbons (Fsp3) is 0.250. The average Bonchev–Trinajstić information content (AvgIpc) is 2.99. The highest BCUT2D eigenvalue weighted by atomic mass is 79.9. The molecule has 0 radical (unpaired) electrons. The number of nitrogens with one attached hydrogen (secondary N) is 1. The van der Waals surface area contributed by atoms with Crippen LogP contribution in [0.15, 0.2) is 59.1 Å². The lowest BCUT2D eigenvalue weighted by Crippen LogP contribution is -2.16. The first-order chi connectivity index (χ1) is 13.7. The van der Waals surface area contributed by atoms with Crippen LogP contribution in [0.2, 0.25) is 0 Å². The normalized spacial score (nSPS) is 13.5. The monoisotopic (exact) mass is 437 g/mol. The molecule has 0 fully saturated rings. The fourth-order valence-corrected chi connectivity index (χ4v) is 4.87. The summed E-state index contributed by atoms with van der Waals surface area (Å²) >= 11 is 3.97. The number of methoxy groups -OCH3 is 2. The van der Waals surface area contributed by atoms with Gasteiger partial charge in [-0.3, -0.25) is 0 Å². The molecule has 0 amide bonds. The molecule has 144 valence electrons. The summed E-state index contributed by atoms with van der Waals surface area (Å²) in [6.45, 7) is 1.99. The lowest BCUT2D eigenvalue weighted by Gasteiger charge is -2.21. The molecule has 0 unspecified atom stereocenters. The van der Waals surface area contributed by atoms with E-state index in [-0.39, 0.29) is 0 Å². The minimum Gasteiger partial charge on any atom is -0.496 e. The van der Waals surface area contributed by atoms with Crippen LogP contribution in [0.5, 0.6) is 11.5 Å². The molecule has 0 aromatic heterocycles. The van der Waals surface area contributed by atoms with E-state index < -0.39 is 0 Å². The molecule has 3 aromatic rings. The van der Waals surface area contributed by atoms with Crippen LogP contribution >= 0.6 is 15.9 Å². The number of benzene rings is 3. The first kappa shape index (κ1) is 19.0. The van der Waals surface area contributed by atoms with Gasteiger partial charge < -0.3 is 14.8 Å². The van der Waals surface area contributed by atoms with Crippen LogP contribution in [-0.2, 0) is 12.8 Å². The lowest BCUT2D eigenvalue weighted by atomic mass is 9.88. The molecular weight excluding hydrogens is 414 g/mol. The Labute approximate surface area is 174 Å². The van der Waals surface area contributed by atoms with E-state index in [0.717, 1.165) is 64.2 Å². The molecule has 28 heavy (non-hydrogen) atoms. The van der Waals surface area contributed by atoms with E-state index in [1.54, 1.807) is 14.2 Å². The maximum Gasteiger partial charge on any atom is 0.126 e. The van der Waals surface area contributed by atoms with E-state index in [4.69, 9.17) is 9.47 Å². The topological polar surface area (TPSA) is 30.5 Å². The van der Waals surface area contributed by atoms with Crippen LogP contribution in [-0.4, -0.2) is 27.3 Å². The zero-order valence-electron chi connectivity index (χ0n) is 16.2. The summed E-state index contributed by atoms with van der Waals surface area (Å²) in [7, 11) is 3.45. The Bertz CT molecular complexity index is 1000. The number of para-hydroxylation sites is 2. The van der Waals surface area contributed by atoms with Gasteiger partial charge in [0.2, 0.25) is 0 Å². The Kier molecular flexibility index (Phi) is 5.69. The smallest absolute Gasteiger partial charge is 0.126 e. The van der Waals surface area contributed by atoms with Crippen molar-refractivity contribution < 1.29 is 9.47 Å². The highest BCUT2D eigenvalue weighted by Crippen LogP contribution is 2.46. The molecule has 0 saturated carbocycles. The molecule has 0 saturated heterocycles. The van der Waals surface area contributed by atoms with Crippen LogP contribution in [0.4, 0.5) is 0 Å². The second-order valence-corrected chi connectivity index (χ2v) is 7.69. The van der Waals surface area contributed by atoms with E-state index in [2.05, 4.69) is 51.6 Å². The van der Waals surface area contributed by atoms with Crippen molar-refractivity contribution in [1.29, 1.82) is 0 Å². The molecule has 0 aliphatic carbocycles. The standard InChI is InChI=1S/C24H24BrNO2/c1-27-21-9-5-3-7-18(21)20-15-16-11-13-26-14-12-17(16)24(25)23(20)19-8-4-6-10-22(19)28-2/h3-10,15,26H,11-14H2,1-2H3. The van der Waals surface area contributed by atoms with Gasteiger partial charge in [-0.1, -0.05) is 36.4 Å². The number of hydrogen-bond acceptors (Lipinski definition) is 3. The van der Waals surface area contributed by atoms with E-state index in [0.29, 0.717) is 0 Å². The van der Waals surface area contributed by atoms with Gasteiger partial charge in [0.15, 0.2) is 0 Å². The van der Waals surface area contributed by atoms with Gasteiger partial charge in [-0.15, -0.1) is 0 Å². The first-order valence-corrected chi connectivity index (χ1v) is 10.4. The summed E-state index contributed by atoms with van der Waals surface area (Å²) in [5.41, 5.74) is 7.25. The van der Waals surface area contributed by atoms with E-state index in [1.807, 2.05) is 24.3 Å². The largest absolute Gasteiger partial charge is 0.496 e. The van der Waals surface area contributed by atoms with Crippen molar-refractivity contribution in [2.45, 2.75) is 12.8 Å². The van der Waals surface area contributed by atoms with E-state index >= 15 is 0 Å².